The summed E-state index contributed by atoms with van der Waals surface area (Å²) in [6.07, 6.45) is 0. The average molecular weight is 663 g/mol. The second-order valence-electron chi connectivity index (χ2n) is 14.9. The Morgan fingerprint density at radius 1 is 0.346 bits per heavy atom. The summed E-state index contributed by atoms with van der Waals surface area (Å²) in [4.78, 5) is 0. The smallest absolute Gasteiger partial charge is 0.135 e. The van der Waals surface area contributed by atoms with Gasteiger partial charge in [0.1, 0.15) is 11.5 Å². The van der Waals surface area contributed by atoms with Crippen LogP contribution in [0, 0.1) is 0 Å². The lowest BCUT2D eigenvalue weighted by molar-refractivity contribution is 0.487. The Labute approximate surface area is 303 Å². The largest absolute Gasteiger partial charge is 0.456 e. The highest BCUT2D eigenvalue weighted by Gasteiger charge is 2.35. The van der Waals surface area contributed by atoms with E-state index in [0.29, 0.717) is 0 Å². The minimum absolute atomic E-state index is 0.0256. The molecule has 1 heterocycles. The van der Waals surface area contributed by atoms with Crippen molar-refractivity contribution in [3.63, 3.8) is 0 Å². The van der Waals surface area contributed by atoms with Crippen molar-refractivity contribution >= 4 is 32.3 Å². The van der Waals surface area contributed by atoms with Gasteiger partial charge in [0.2, 0.25) is 0 Å². The summed E-state index contributed by atoms with van der Waals surface area (Å²) in [6, 6.07) is 62.4. The fraction of sp³-hybridized carbons (Fsp3) is 0.0588. The van der Waals surface area contributed by atoms with E-state index in [0.717, 1.165) is 17.1 Å². The molecule has 11 rings (SSSR count). The Kier molecular flexibility index (Phi) is 6.08. The van der Waals surface area contributed by atoms with Gasteiger partial charge in [-0.15, -0.1) is 0 Å². The summed E-state index contributed by atoms with van der Waals surface area (Å²) in [6.45, 7) is 4.71. The highest BCUT2D eigenvalue weighted by Crippen LogP contribution is 2.52. The molecule has 9 aromatic carbocycles. The average Bonchev–Trinajstić information content (AvgIpc) is 3.42. The van der Waals surface area contributed by atoms with Crippen molar-refractivity contribution in [2.45, 2.75) is 19.3 Å². The van der Waals surface area contributed by atoms with E-state index in [2.05, 4.69) is 184 Å². The van der Waals surface area contributed by atoms with E-state index in [1.165, 1.54) is 93.5 Å². The van der Waals surface area contributed by atoms with Crippen LogP contribution in [0.3, 0.4) is 0 Å². The van der Waals surface area contributed by atoms with Gasteiger partial charge < -0.3 is 4.74 Å². The summed E-state index contributed by atoms with van der Waals surface area (Å²) in [5, 5.41) is 7.43. The normalized spacial score (nSPS) is 13.5. The van der Waals surface area contributed by atoms with Gasteiger partial charge in [-0.25, -0.2) is 0 Å². The first kappa shape index (κ1) is 29.3. The number of fused-ring (bicyclic) bond motifs is 7. The monoisotopic (exact) mass is 662 g/mol. The molecule has 0 spiro atoms. The van der Waals surface area contributed by atoms with E-state index in [1.54, 1.807) is 0 Å². The van der Waals surface area contributed by atoms with Crippen molar-refractivity contribution in [1.82, 2.24) is 0 Å². The lowest BCUT2D eigenvalue weighted by Gasteiger charge is -2.23. The topological polar surface area (TPSA) is 9.23 Å². The van der Waals surface area contributed by atoms with E-state index in [1.807, 2.05) is 0 Å². The summed E-state index contributed by atoms with van der Waals surface area (Å²) >= 11 is 0. The van der Waals surface area contributed by atoms with Gasteiger partial charge in [0, 0.05) is 16.4 Å². The molecule has 244 valence electrons. The highest BCUT2D eigenvalue weighted by molar-refractivity contribution is 6.11. The van der Waals surface area contributed by atoms with Gasteiger partial charge in [-0.1, -0.05) is 147 Å². The Hall–Kier alpha value is -6.44. The van der Waals surface area contributed by atoms with Gasteiger partial charge in [0.25, 0.3) is 0 Å². The lowest BCUT2D eigenvalue weighted by atomic mass is 9.81. The third-order valence-electron chi connectivity index (χ3n) is 11.7. The van der Waals surface area contributed by atoms with Crippen molar-refractivity contribution in [3.05, 3.63) is 181 Å². The summed E-state index contributed by atoms with van der Waals surface area (Å²) in [7, 11) is 0. The van der Waals surface area contributed by atoms with Gasteiger partial charge in [-0.05, 0) is 125 Å². The van der Waals surface area contributed by atoms with Crippen LogP contribution in [0.1, 0.15) is 25.0 Å². The molecule has 52 heavy (non-hydrogen) atoms. The van der Waals surface area contributed by atoms with Gasteiger partial charge in [0.05, 0.1) is 0 Å². The quantitative estimate of drug-likeness (QED) is 0.183. The fourth-order valence-corrected chi connectivity index (χ4v) is 9.08. The van der Waals surface area contributed by atoms with Crippen molar-refractivity contribution in [3.8, 4) is 67.1 Å². The van der Waals surface area contributed by atoms with Crippen LogP contribution in [0.2, 0.25) is 0 Å². The zero-order valence-corrected chi connectivity index (χ0v) is 29.1. The standard InChI is InChI=1S/C51H34O/c1-51(2)46-18-9-8-15-41(46)44-28-32-19-20-33(27-35(32)30-47(44)51)37-22-23-38(40-14-7-6-13-39(37)40)34-21-25-48-45(29-34)43-17-10-16-42-36(31-11-4-3-5-12-31)24-26-49(52-48)50(42)43/h3-30H,1-2H3. The molecule has 1 heteroatoms. The van der Waals surface area contributed by atoms with Crippen LogP contribution in [-0.4, -0.2) is 0 Å². The van der Waals surface area contributed by atoms with Crippen molar-refractivity contribution in [2.24, 2.45) is 0 Å². The van der Waals surface area contributed by atoms with E-state index >= 15 is 0 Å². The predicted molar refractivity (Wildman–Crippen MR) is 218 cm³/mol. The first-order valence-electron chi connectivity index (χ1n) is 18.2. The molecular weight excluding hydrogens is 629 g/mol. The zero-order valence-electron chi connectivity index (χ0n) is 29.1. The molecule has 1 aliphatic carbocycles. The van der Waals surface area contributed by atoms with Crippen molar-refractivity contribution in [2.75, 3.05) is 0 Å². The van der Waals surface area contributed by atoms with Crippen LogP contribution in [0.25, 0.3) is 88.0 Å². The highest BCUT2D eigenvalue weighted by atomic mass is 16.5. The molecule has 0 saturated carbocycles. The fourth-order valence-electron chi connectivity index (χ4n) is 9.08. The number of rotatable bonds is 3. The van der Waals surface area contributed by atoms with Gasteiger partial charge in [0.15, 0.2) is 0 Å². The second-order valence-corrected chi connectivity index (χ2v) is 14.9. The number of hydrogen-bond acceptors (Lipinski definition) is 1. The third-order valence-corrected chi connectivity index (χ3v) is 11.7. The third kappa shape index (κ3) is 4.17. The number of ether oxygens (including phenoxy) is 1. The maximum Gasteiger partial charge on any atom is 0.135 e. The maximum atomic E-state index is 6.59. The van der Waals surface area contributed by atoms with E-state index in [-0.39, 0.29) is 5.41 Å². The summed E-state index contributed by atoms with van der Waals surface area (Å²) in [5.74, 6) is 1.81. The molecule has 1 aliphatic heterocycles. The van der Waals surface area contributed by atoms with Crippen molar-refractivity contribution in [1.29, 1.82) is 0 Å². The molecule has 9 aromatic rings. The molecule has 0 aromatic heterocycles. The van der Waals surface area contributed by atoms with Crippen molar-refractivity contribution < 1.29 is 4.74 Å². The van der Waals surface area contributed by atoms with Gasteiger partial charge in [-0.2, -0.15) is 0 Å². The molecule has 0 radical (unpaired) electrons. The SMILES string of the molecule is CC1(C)c2ccccc2-c2cc3ccc(-c4ccc(-c5ccc6c(c5)-c5cccc7c(-c8ccccc8)ccc(c57)O6)c5ccccc45)cc3cc21. The van der Waals surface area contributed by atoms with Crippen LogP contribution in [0.15, 0.2) is 170 Å². The molecule has 0 bridgehead atoms. The Morgan fingerprint density at radius 2 is 0.981 bits per heavy atom. The minimum Gasteiger partial charge on any atom is -0.456 e. The van der Waals surface area contributed by atoms with E-state index in [4.69, 9.17) is 4.74 Å². The molecular formula is C51H34O. The Morgan fingerprint density at radius 3 is 1.81 bits per heavy atom. The molecule has 2 aliphatic rings. The van der Waals surface area contributed by atoms with Crippen LogP contribution >= 0.6 is 0 Å². The molecule has 0 saturated heterocycles. The van der Waals surface area contributed by atoms with E-state index in [9.17, 15) is 0 Å². The van der Waals surface area contributed by atoms with Gasteiger partial charge in [-0.3, -0.25) is 0 Å². The molecule has 1 nitrogen and oxygen atoms in total. The summed E-state index contributed by atoms with van der Waals surface area (Å²) in [5.41, 5.74) is 15.2. The van der Waals surface area contributed by atoms with E-state index < -0.39 is 0 Å². The van der Waals surface area contributed by atoms with Gasteiger partial charge >= 0.3 is 0 Å². The lowest BCUT2D eigenvalue weighted by Crippen LogP contribution is -2.14. The van der Waals surface area contributed by atoms with Crippen LogP contribution in [-0.2, 0) is 5.41 Å². The first-order chi connectivity index (χ1) is 25.5. The first-order valence-corrected chi connectivity index (χ1v) is 18.2. The molecule has 0 N–H and O–H groups in total. The molecule has 0 atom stereocenters. The predicted octanol–water partition coefficient (Wildman–Crippen LogP) is 14.2. The van der Waals surface area contributed by atoms with Crippen LogP contribution < -0.4 is 4.74 Å². The summed E-state index contributed by atoms with van der Waals surface area (Å²) < 4.78 is 6.59. The number of benzene rings is 9. The van der Waals surface area contributed by atoms with Crippen LogP contribution in [0.4, 0.5) is 0 Å². The molecule has 0 fully saturated rings. The Bertz CT molecular complexity index is 2950. The second kappa shape index (κ2) is 10.8. The molecule has 0 unspecified atom stereocenters. The maximum absolute atomic E-state index is 6.59. The minimum atomic E-state index is -0.0256. The number of hydrogen-bond donors (Lipinski definition) is 0. The zero-order chi connectivity index (χ0) is 34.6. The Balaban J connectivity index is 1.03. The van der Waals surface area contributed by atoms with Crippen LogP contribution in [0.5, 0.6) is 11.5 Å². The molecule has 0 amide bonds.